The Kier molecular flexibility index (Phi) is 8.39. The third-order valence-electron chi connectivity index (χ3n) is 7.83. The summed E-state index contributed by atoms with van der Waals surface area (Å²) in [6, 6.07) is 25.0. The zero-order valence-electron chi connectivity index (χ0n) is 23.4. The van der Waals surface area contributed by atoms with E-state index in [9.17, 15) is 9.59 Å². The molecular weight excluding hydrogens is 498 g/mol. The fourth-order valence-corrected chi connectivity index (χ4v) is 5.41. The van der Waals surface area contributed by atoms with Gasteiger partial charge in [-0.1, -0.05) is 60.7 Å². The third kappa shape index (κ3) is 6.30. The molecule has 2 N–H and O–H groups in total. The van der Waals surface area contributed by atoms with Gasteiger partial charge in [0.1, 0.15) is 5.82 Å². The van der Waals surface area contributed by atoms with Crippen molar-refractivity contribution in [2.45, 2.75) is 44.6 Å². The minimum absolute atomic E-state index is 0.00895. The summed E-state index contributed by atoms with van der Waals surface area (Å²) in [4.78, 5) is 37.4. The van der Waals surface area contributed by atoms with Gasteiger partial charge in [0, 0.05) is 43.2 Å². The number of anilines is 2. The Bertz CT molecular complexity index is 1480. The van der Waals surface area contributed by atoms with Crippen molar-refractivity contribution < 1.29 is 9.59 Å². The Balaban J connectivity index is 1.13. The number of hydrogen-bond acceptors (Lipinski definition) is 6. The summed E-state index contributed by atoms with van der Waals surface area (Å²) >= 11 is 0. The van der Waals surface area contributed by atoms with Crippen molar-refractivity contribution in [2.24, 2.45) is 5.92 Å². The normalized spacial score (nSPS) is 17.7. The maximum Gasteiger partial charge on any atom is 0.227 e. The molecule has 40 heavy (non-hydrogen) atoms. The lowest BCUT2D eigenvalue weighted by molar-refractivity contribution is -0.122. The molecule has 0 spiro atoms. The summed E-state index contributed by atoms with van der Waals surface area (Å²) in [6.45, 7) is 2.56. The highest BCUT2D eigenvalue weighted by molar-refractivity contribution is 6.09. The first-order valence-corrected chi connectivity index (χ1v) is 14.1. The van der Waals surface area contributed by atoms with Gasteiger partial charge < -0.3 is 15.5 Å². The van der Waals surface area contributed by atoms with Crippen molar-refractivity contribution in [2.75, 3.05) is 30.9 Å². The van der Waals surface area contributed by atoms with E-state index in [1.54, 1.807) is 6.07 Å². The van der Waals surface area contributed by atoms with E-state index >= 15 is 0 Å². The standard InChI is InChI=1S/C33H37N5O2/c1-22(25-12-9-13-26(20-25)30(39)24-10-5-4-6-11-24)32(40)34-21-23-16-18-27(19-17-23)35-33-36-29-15-8-7-14-28(29)31(37-33)38(2)3/h4-15,20,22-23,27H,16-19,21H2,1-3H3,(H,34,40)(H,35,36,37)/t22-,23?,27?/m0/s1. The number of nitrogens with one attached hydrogen (secondary N) is 2. The van der Waals surface area contributed by atoms with Crippen LogP contribution < -0.4 is 15.5 Å². The van der Waals surface area contributed by atoms with Crippen LogP contribution in [0.4, 0.5) is 11.8 Å². The summed E-state index contributed by atoms with van der Waals surface area (Å²) < 4.78 is 0. The molecule has 1 aliphatic rings. The number of benzene rings is 3. The van der Waals surface area contributed by atoms with Crippen LogP contribution in [-0.2, 0) is 4.79 Å². The predicted molar refractivity (Wildman–Crippen MR) is 161 cm³/mol. The molecule has 5 rings (SSSR count). The highest BCUT2D eigenvalue weighted by Gasteiger charge is 2.24. The molecule has 1 heterocycles. The van der Waals surface area contributed by atoms with Gasteiger partial charge in [0.2, 0.25) is 11.9 Å². The van der Waals surface area contributed by atoms with Crippen LogP contribution in [0.25, 0.3) is 10.9 Å². The molecule has 1 amide bonds. The number of nitrogens with zero attached hydrogens (tertiary/aromatic N) is 3. The number of carbonyl (C=O) groups is 2. The van der Waals surface area contributed by atoms with Crippen LogP contribution in [0.1, 0.15) is 60.0 Å². The highest BCUT2D eigenvalue weighted by atomic mass is 16.2. The molecule has 0 unspecified atom stereocenters. The SMILES string of the molecule is C[C@H](C(=O)NCC1CCC(Nc2nc(N(C)C)c3ccccc3n2)CC1)c1cccc(C(=O)c2ccccc2)c1. The molecular formula is C33H37N5O2. The van der Waals surface area contributed by atoms with Crippen LogP contribution in [0.5, 0.6) is 0 Å². The van der Waals surface area contributed by atoms with Gasteiger partial charge in [-0.05, 0) is 62.3 Å². The summed E-state index contributed by atoms with van der Waals surface area (Å²) in [6.07, 6.45) is 4.07. The Hall–Kier alpha value is -4.26. The molecule has 4 aromatic rings. The lowest BCUT2D eigenvalue weighted by Crippen LogP contribution is -2.36. The predicted octanol–water partition coefficient (Wildman–Crippen LogP) is 5.82. The molecule has 7 nitrogen and oxygen atoms in total. The van der Waals surface area contributed by atoms with E-state index < -0.39 is 0 Å². The first-order valence-electron chi connectivity index (χ1n) is 14.1. The third-order valence-corrected chi connectivity index (χ3v) is 7.83. The van der Waals surface area contributed by atoms with Crippen LogP contribution in [0.2, 0.25) is 0 Å². The highest BCUT2D eigenvalue weighted by Crippen LogP contribution is 2.28. The van der Waals surface area contributed by atoms with Crippen LogP contribution in [0.3, 0.4) is 0 Å². The topological polar surface area (TPSA) is 87.2 Å². The van der Waals surface area contributed by atoms with Gasteiger partial charge in [-0.25, -0.2) is 4.98 Å². The number of hydrogen-bond donors (Lipinski definition) is 2. The molecule has 0 aliphatic heterocycles. The number of rotatable bonds is 9. The fourth-order valence-electron chi connectivity index (χ4n) is 5.41. The van der Waals surface area contributed by atoms with Crippen molar-refractivity contribution in [3.8, 4) is 0 Å². The molecule has 1 aliphatic carbocycles. The number of ketones is 1. The van der Waals surface area contributed by atoms with E-state index in [1.807, 2.05) is 92.6 Å². The Labute approximate surface area is 236 Å². The molecule has 1 fully saturated rings. The van der Waals surface area contributed by atoms with E-state index in [0.29, 0.717) is 35.6 Å². The first kappa shape index (κ1) is 27.3. The van der Waals surface area contributed by atoms with Crippen molar-refractivity contribution in [3.63, 3.8) is 0 Å². The Morgan fingerprint density at radius 1 is 0.875 bits per heavy atom. The van der Waals surface area contributed by atoms with E-state index in [0.717, 1.165) is 48.0 Å². The van der Waals surface area contributed by atoms with Gasteiger partial charge in [0.15, 0.2) is 5.78 Å². The molecule has 0 saturated heterocycles. The van der Waals surface area contributed by atoms with Crippen molar-refractivity contribution in [1.29, 1.82) is 0 Å². The maximum absolute atomic E-state index is 13.0. The van der Waals surface area contributed by atoms with E-state index in [-0.39, 0.29) is 17.6 Å². The molecule has 0 radical (unpaired) electrons. The number of amides is 1. The minimum Gasteiger partial charge on any atom is -0.362 e. The number of fused-ring (bicyclic) bond motifs is 1. The second-order valence-corrected chi connectivity index (χ2v) is 10.9. The van der Waals surface area contributed by atoms with Gasteiger partial charge in [-0.2, -0.15) is 4.98 Å². The first-order chi connectivity index (χ1) is 19.4. The smallest absolute Gasteiger partial charge is 0.227 e. The monoisotopic (exact) mass is 535 g/mol. The molecule has 7 heteroatoms. The lowest BCUT2D eigenvalue weighted by Gasteiger charge is -2.30. The van der Waals surface area contributed by atoms with Crippen LogP contribution >= 0.6 is 0 Å². The van der Waals surface area contributed by atoms with Gasteiger partial charge in [0.05, 0.1) is 11.4 Å². The second-order valence-electron chi connectivity index (χ2n) is 10.9. The average molecular weight is 536 g/mol. The van der Waals surface area contributed by atoms with E-state index in [1.165, 1.54) is 0 Å². The quantitative estimate of drug-likeness (QED) is 0.263. The van der Waals surface area contributed by atoms with Gasteiger partial charge in [-0.3, -0.25) is 9.59 Å². The van der Waals surface area contributed by atoms with Crippen molar-refractivity contribution in [3.05, 3.63) is 95.6 Å². The molecule has 1 aromatic heterocycles. The second kappa shape index (κ2) is 12.3. The molecule has 3 aromatic carbocycles. The van der Waals surface area contributed by atoms with Gasteiger partial charge in [-0.15, -0.1) is 0 Å². The Morgan fingerprint density at radius 3 is 2.33 bits per heavy atom. The fraction of sp³-hybridized carbons (Fsp3) is 0.333. The number of carbonyl (C=O) groups excluding carboxylic acids is 2. The van der Waals surface area contributed by atoms with Gasteiger partial charge in [0.25, 0.3) is 0 Å². The zero-order chi connectivity index (χ0) is 28.1. The number of para-hydroxylation sites is 1. The maximum atomic E-state index is 13.0. The molecule has 1 atom stereocenters. The summed E-state index contributed by atoms with van der Waals surface area (Å²) in [7, 11) is 4.00. The van der Waals surface area contributed by atoms with Crippen LogP contribution in [0.15, 0.2) is 78.9 Å². The van der Waals surface area contributed by atoms with E-state index in [4.69, 9.17) is 9.97 Å². The van der Waals surface area contributed by atoms with Gasteiger partial charge >= 0.3 is 0 Å². The average Bonchev–Trinajstić information content (AvgIpc) is 2.99. The van der Waals surface area contributed by atoms with Crippen molar-refractivity contribution in [1.82, 2.24) is 15.3 Å². The lowest BCUT2D eigenvalue weighted by atomic mass is 9.86. The van der Waals surface area contributed by atoms with Crippen LogP contribution in [0, 0.1) is 5.92 Å². The van der Waals surface area contributed by atoms with Crippen LogP contribution in [-0.4, -0.2) is 48.3 Å². The number of aromatic nitrogens is 2. The minimum atomic E-state index is -0.336. The van der Waals surface area contributed by atoms with Crippen molar-refractivity contribution >= 4 is 34.4 Å². The molecule has 1 saturated carbocycles. The largest absolute Gasteiger partial charge is 0.362 e. The molecule has 0 bridgehead atoms. The van der Waals surface area contributed by atoms with E-state index in [2.05, 4.69) is 16.7 Å². The summed E-state index contributed by atoms with van der Waals surface area (Å²) in [5.41, 5.74) is 3.03. The Morgan fingerprint density at radius 2 is 1.57 bits per heavy atom. The molecule has 206 valence electrons. The summed E-state index contributed by atoms with van der Waals surface area (Å²) in [5, 5.41) is 7.76. The summed E-state index contributed by atoms with van der Waals surface area (Å²) in [5.74, 6) is 1.64. The zero-order valence-corrected chi connectivity index (χ0v) is 23.4.